The second-order valence-corrected chi connectivity index (χ2v) is 6.66. The van der Waals surface area contributed by atoms with Gasteiger partial charge in [-0.3, -0.25) is 5.10 Å². The van der Waals surface area contributed by atoms with E-state index in [2.05, 4.69) is 26.1 Å². The second kappa shape index (κ2) is 4.85. The van der Waals surface area contributed by atoms with Gasteiger partial charge in [0.2, 0.25) is 10.0 Å². The molecular formula is C9H14BrN3O2S. The van der Waals surface area contributed by atoms with Crippen LogP contribution < -0.4 is 0 Å². The molecule has 1 N–H and O–H groups in total. The van der Waals surface area contributed by atoms with Gasteiger partial charge in [0.1, 0.15) is 4.90 Å². The summed E-state index contributed by atoms with van der Waals surface area (Å²) >= 11 is 3.39. The Hall–Kier alpha value is -0.400. The first-order chi connectivity index (χ1) is 7.64. The minimum absolute atomic E-state index is 0.256. The lowest BCUT2D eigenvalue weighted by Crippen LogP contribution is -2.28. The zero-order chi connectivity index (χ0) is 11.6. The van der Waals surface area contributed by atoms with Crippen LogP contribution in [0, 0.1) is 5.92 Å². The fraction of sp³-hybridized carbons (Fsp3) is 0.667. The van der Waals surface area contributed by atoms with Gasteiger partial charge in [-0.2, -0.15) is 9.40 Å². The molecule has 1 aromatic heterocycles. The number of aromatic amines is 1. The van der Waals surface area contributed by atoms with E-state index >= 15 is 0 Å². The molecule has 0 aliphatic carbocycles. The van der Waals surface area contributed by atoms with Crippen molar-refractivity contribution >= 4 is 26.0 Å². The number of alkyl halides is 1. The summed E-state index contributed by atoms with van der Waals surface area (Å²) in [7, 11) is -3.32. The minimum atomic E-state index is -3.32. The lowest BCUT2D eigenvalue weighted by atomic mass is 10.1. The van der Waals surface area contributed by atoms with Crippen molar-refractivity contribution in [2.45, 2.75) is 17.7 Å². The fourth-order valence-corrected chi connectivity index (χ4v) is 4.02. The molecule has 0 saturated carbocycles. The average Bonchev–Trinajstić information content (AvgIpc) is 2.88. The summed E-state index contributed by atoms with van der Waals surface area (Å²) in [4.78, 5) is 0.256. The van der Waals surface area contributed by atoms with Crippen molar-refractivity contribution in [1.82, 2.24) is 14.5 Å². The maximum atomic E-state index is 12.1. The number of hydrogen-bond acceptors (Lipinski definition) is 3. The van der Waals surface area contributed by atoms with Gasteiger partial charge in [0, 0.05) is 24.6 Å². The molecule has 0 spiro atoms. The van der Waals surface area contributed by atoms with E-state index in [1.54, 1.807) is 4.31 Å². The molecule has 2 heterocycles. The molecule has 1 aliphatic rings. The van der Waals surface area contributed by atoms with Crippen molar-refractivity contribution in [3.8, 4) is 0 Å². The standard InChI is InChI=1S/C9H14BrN3O2S/c10-3-1-8-2-4-13(7-8)16(14,15)9-5-11-12-6-9/h5-6,8H,1-4,7H2,(H,11,12). The largest absolute Gasteiger partial charge is 0.284 e. The first-order valence-electron chi connectivity index (χ1n) is 5.19. The van der Waals surface area contributed by atoms with Crippen molar-refractivity contribution in [3.63, 3.8) is 0 Å². The van der Waals surface area contributed by atoms with Crippen LogP contribution in [0.5, 0.6) is 0 Å². The predicted molar refractivity (Wildman–Crippen MR) is 63.9 cm³/mol. The molecule has 1 fully saturated rings. The average molecular weight is 308 g/mol. The predicted octanol–water partition coefficient (Wildman–Crippen LogP) is 1.21. The Morgan fingerprint density at radius 2 is 2.44 bits per heavy atom. The van der Waals surface area contributed by atoms with E-state index in [4.69, 9.17) is 0 Å². The third-order valence-electron chi connectivity index (χ3n) is 2.88. The zero-order valence-electron chi connectivity index (χ0n) is 8.76. The van der Waals surface area contributed by atoms with Crippen LogP contribution in [0.4, 0.5) is 0 Å². The number of hydrogen-bond donors (Lipinski definition) is 1. The van der Waals surface area contributed by atoms with Gasteiger partial charge in [-0.1, -0.05) is 15.9 Å². The van der Waals surface area contributed by atoms with Gasteiger partial charge in [-0.15, -0.1) is 0 Å². The van der Waals surface area contributed by atoms with Crippen LogP contribution in [-0.2, 0) is 10.0 Å². The molecule has 1 aliphatic heterocycles. The molecule has 5 nitrogen and oxygen atoms in total. The van der Waals surface area contributed by atoms with Gasteiger partial charge >= 0.3 is 0 Å². The van der Waals surface area contributed by atoms with Gasteiger partial charge in [0.15, 0.2) is 0 Å². The van der Waals surface area contributed by atoms with Gasteiger partial charge in [-0.25, -0.2) is 8.42 Å². The van der Waals surface area contributed by atoms with Crippen LogP contribution in [-0.4, -0.2) is 41.3 Å². The van der Waals surface area contributed by atoms with Gasteiger partial charge in [0.05, 0.1) is 6.20 Å². The third-order valence-corrected chi connectivity index (χ3v) is 5.17. The first-order valence-corrected chi connectivity index (χ1v) is 7.75. The molecule has 0 amide bonds. The highest BCUT2D eigenvalue weighted by Crippen LogP contribution is 2.25. The van der Waals surface area contributed by atoms with Crippen LogP contribution in [0.1, 0.15) is 12.8 Å². The molecule has 0 aromatic carbocycles. The highest BCUT2D eigenvalue weighted by molar-refractivity contribution is 9.09. The lowest BCUT2D eigenvalue weighted by molar-refractivity contribution is 0.454. The van der Waals surface area contributed by atoms with Crippen LogP contribution in [0.25, 0.3) is 0 Å². The SMILES string of the molecule is O=S(=O)(c1cn[nH]c1)N1CCC(CCBr)C1. The molecule has 0 radical (unpaired) electrons. The van der Waals surface area contributed by atoms with E-state index in [1.165, 1.54) is 12.4 Å². The monoisotopic (exact) mass is 307 g/mol. The number of rotatable bonds is 4. The molecule has 16 heavy (non-hydrogen) atoms. The number of halogens is 1. The summed E-state index contributed by atoms with van der Waals surface area (Å²) in [6.45, 7) is 1.24. The zero-order valence-corrected chi connectivity index (χ0v) is 11.2. The van der Waals surface area contributed by atoms with Gasteiger partial charge in [-0.05, 0) is 18.8 Å². The maximum absolute atomic E-state index is 12.1. The van der Waals surface area contributed by atoms with E-state index < -0.39 is 10.0 Å². The van der Waals surface area contributed by atoms with E-state index in [1.807, 2.05) is 0 Å². The van der Waals surface area contributed by atoms with Crippen molar-refractivity contribution in [1.29, 1.82) is 0 Å². The van der Waals surface area contributed by atoms with E-state index in [0.717, 1.165) is 18.2 Å². The van der Waals surface area contributed by atoms with Crippen LogP contribution >= 0.6 is 15.9 Å². The second-order valence-electron chi connectivity index (χ2n) is 3.93. The molecule has 2 rings (SSSR count). The normalized spacial score (nSPS) is 22.7. The number of nitrogens with zero attached hydrogens (tertiary/aromatic N) is 2. The minimum Gasteiger partial charge on any atom is -0.284 e. The van der Waals surface area contributed by atoms with Gasteiger partial charge in [0.25, 0.3) is 0 Å². The summed E-state index contributed by atoms with van der Waals surface area (Å²) in [5.41, 5.74) is 0. The summed E-state index contributed by atoms with van der Waals surface area (Å²) in [6, 6.07) is 0. The smallest absolute Gasteiger partial charge is 0.246 e. The van der Waals surface area contributed by atoms with Crippen molar-refractivity contribution < 1.29 is 8.42 Å². The number of sulfonamides is 1. The Morgan fingerprint density at radius 3 is 3.06 bits per heavy atom. The van der Waals surface area contributed by atoms with E-state index in [0.29, 0.717) is 19.0 Å². The Balaban J connectivity index is 2.10. The quantitative estimate of drug-likeness (QED) is 0.850. The molecule has 90 valence electrons. The van der Waals surface area contributed by atoms with Crippen LogP contribution in [0.2, 0.25) is 0 Å². The Labute approximate surface area is 103 Å². The van der Waals surface area contributed by atoms with Crippen LogP contribution in [0.3, 0.4) is 0 Å². The molecule has 0 bridgehead atoms. The molecule has 7 heteroatoms. The highest BCUT2D eigenvalue weighted by Gasteiger charge is 2.32. The fourth-order valence-electron chi connectivity index (χ4n) is 1.93. The molecule has 1 saturated heterocycles. The van der Waals surface area contributed by atoms with Crippen molar-refractivity contribution in [2.24, 2.45) is 5.92 Å². The lowest BCUT2D eigenvalue weighted by Gasteiger charge is -2.14. The summed E-state index contributed by atoms with van der Waals surface area (Å²) in [6.07, 6.45) is 4.75. The summed E-state index contributed by atoms with van der Waals surface area (Å²) in [5.74, 6) is 0.473. The Kier molecular flexibility index (Phi) is 3.66. The van der Waals surface area contributed by atoms with E-state index in [9.17, 15) is 8.42 Å². The van der Waals surface area contributed by atoms with Gasteiger partial charge < -0.3 is 0 Å². The number of aromatic nitrogens is 2. The molecule has 1 atom stereocenters. The third kappa shape index (κ3) is 2.31. The van der Waals surface area contributed by atoms with E-state index in [-0.39, 0.29) is 4.90 Å². The molecule has 1 unspecified atom stereocenters. The Bertz CT molecular complexity index is 432. The number of H-pyrrole nitrogens is 1. The molecular weight excluding hydrogens is 294 g/mol. The topological polar surface area (TPSA) is 66.1 Å². The van der Waals surface area contributed by atoms with Crippen LogP contribution in [0.15, 0.2) is 17.3 Å². The maximum Gasteiger partial charge on any atom is 0.246 e. The number of nitrogens with one attached hydrogen (secondary N) is 1. The highest BCUT2D eigenvalue weighted by atomic mass is 79.9. The first kappa shape index (κ1) is 12.1. The van der Waals surface area contributed by atoms with Crippen molar-refractivity contribution in [2.75, 3.05) is 18.4 Å². The molecule has 1 aromatic rings. The summed E-state index contributed by atoms with van der Waals surface area (Å²) in [5, 5.41) is 7.14. The van der Waals surface area contributed by atoms with Crippen molar-refractivity contribution in [3.05, 3.63) is 12.4 Å². The summed E-state index contributed by atoms with van der Waals surface area (Å²) < 4.78 is 25.7. The Morgan fingerprint density at radius 1 is 1.62 bits per heavy atom.